The van der Waals surface area contributed by atoms with E-state index in [9.17, 15) is 4.79 Å². The number of nitrogens with one attached hydrogen (secondary N) is 2. The molecule has 1 aliphatic rings. The summed E-state index contributed by atoms with van der Waals surface area (Å²) in [6, 6.07) is 9.37. The summed E-state index contributed by atoms with van der Waals surface area (Å²) in [5.74, 6) is 1.03. The highest BCUT2D eigenvalue weighted by Gasteiger charge is 2.26. The normalized spacial score (nSPS) is 17.1. The molecule has 92 valence electrons. The number of aryl methyl sites for hydroxylation is 1. The standard InChI is InChI=1S/C13H13N3O2/c1-8-6-12(16-18-8)15-13(17)11-7-9-4-2-3-5-10(9)14-11/h2-6,11,14H,7H2,1H3,(H,15,16,17). The van der Waals surface area contributed by atoms with E-state index in [4.69, 9.17) is 4.52 Å². The van der Waals surface area contributed by atoms with Gasteiger partial charge in [-0.2, -0.15) is 0 Å². The first-order valence-electron chi connectivity index (χ1n) is 5.81. The lowest BCUT2D eigenvalue weighted by Crippen LogP contribution is -2.32. The van der Waals surface area contributed by atoms with Gasteiger partial charge in [0.1, 0.15) is 11.8 Å². The predicted octanol–water partition coefficient (Wildman–Crippen LogP) is 1.96. The van der Waals surface area contributed by atoms with Gasteiger partial charge in [0.05, 0.1) is 0 Å². The number of benzene rings is 1. The third kappa shape index (κ3) is 1.95. The van der Waals surface area contributed by atoms with E-state index in [1.807, 2.05) is 24.3 Å². The highest BCUT2D eigenvalue weighted by molar-refractivity contribution is 5.97. The van der Waals surface area contributed by atoms with E-state index in [2.05, 4.69) is 15.8 Å². The Morgan fingerprint density at radius 3 is 3.06 bits per heavy atom. The van der Waals surface area contributed by atoms with Crippen molar-refractivity contribution < 1.29 is 9.32 Å². The van der Waals surface area contributed by atoms with E-state index < -0.39 is 0 Å². The number of nitrogens with zero attached hydrogens (tertiary/aromatic N) is 1. The summed E-state index contributed by atoms with van der Waals surface area (Å²) in [6.07, 6.45) is 0.693. The van der Waals surface area contributed by atoms with Crippen molar-refractivity contribution in [3.8, 4) is 0 Å². The van der Waals surface area contributed by atoms with Crippen LogP contribution in [0, 0.1) is 6.92 Å². The van der Waals surface area contributed by atoms with Crippen LogP contribution < -0.4 is 10.6 Å². The van der Waals surface area contributed by atoms with Crippen LogP contribution >= 0.6 is 0 Å². The summed E-state index contributed by atoms with van der Waals surface area (Å²) in [7, 11) is 0. The number of aromatic nitrogens is 1. The average Bonchev–Trinajstić information content (AvgIpc) is 2.95. The molecule has 1 atom stereocenters. The molecular formula is C13H13N3O2. The van der Waals surface area contributed by atoms with Crippen molar-refractivity contribution in [2.75, 3.05) is 10.6 Å². The molecule has 2 heterocycles. The lowest BCUT2D eigenvalue weighted by atomic mass is 10.1. The fourth-order valence-corrected chi connectivity index (χ4v) is 2.09. The SMILES string of the molecule is Cc1cc(NC(=O)C2Cc3ccccc3N2)no1. The first-order chi connectivity index (χ1) is 8.72. The number of rotatable bonds is 2. The molecule has 2 aromatic rings. The van der Waals surface area contributed by atoms with Gasteiger partial charge in [-0.1, -0.05) is 23.4 Å². The Balaban J connectivity index is 1.69. The number of amides is 1. The summed E-state index contributed by atoms with van der Waals surface area (Å²) in [4.78, 5) is 12.0. The van der Waals surface area contributed by atoms with Crippen LogP contribution in [0.15, 0.2) is 34.9 Å². The van der Waals surface area contributed by atoms with Gasteiger partial charge in [-0.3, -0.25) is 4.79 Å². The van der Waals surface area contributed by atoms with Crippen molar-refractivity contribution in [2.24, 2.45) is 0 Å². The molecule has 0 fully saturated rings. The van der Waals surface area contributed by atoms with Gasteiger partial charge in [-0.25, -0.2) is 0 Å². The number of carbonyl (C=O) groups is 1. The van der Waals surface area contributed by atoms with Gasteiger partial charge in [-0.05, 0) is 18.6 Å². The number of fused-ring (bicyclic) bond motifs is 1. The van der Waals surface area contributed by atoms with E-state index in [1.54, 1.807) is 13.0 Å². The first-order valence-corrected chi connectivity index (χ1v) is 5.81. The fraction of sp³-hybridized carbons (Fsp3) is 0.231. The Labute approximate surface area is 104 Å². The number of para-hydroxylation sites is 1. The van der Waals surface area contributed by atoms with Gasteiger partial charge in [0.2, 0.25) is 5.91 Å². The molecule has 0 saturated carbocycles. The van der Waals surface area contributed by atoms with Crippen LogP contribution in [0.25, 0.3) is 0 Å². The molecule has 5 heteroatoms. The minimum absolute atomic E-state index is 0.0977. The third-order valence-corrected chi connectivity index (χ3v) is 2.97. The van der Waals surface area contributed by atoms with Crippen molar-refractivity contribution in [2.45, 2.75) is 19.4 Å². The summed E-state index contributed by atoms with van der Waals surface area (Å²) < 4.78 is 4.90. The molecule has 2 N–H and O–H groups in total. The molecular weight excluding hydrogens is 230 g/mol. The van der Waals surface area contributed by atoms with Crippen LogP contribution in [0.4, 0.5) is 11.5 Å². The summed E-state index contributed by atoms with van der Waals surface area (Å²) in [5, 5.41) is 9.67. The molecule has 3 rings (SSSR count). The molecule has 1 aromatic heterocycles. The van der Waals surface area contributed by atoms with E-state index in [-0.39, 0.29) is 11.9 Å². The highest BCUT2D eigenvalue weighted by atomic mass is 16.5. The van der Waals surface area contributed by atoms with Gasteiger partial charge < -0.3 is 15.2 Å². The molecule has 0 radical (unpaired) electrons. The maximum Gasteiger partial charge on any atom is 0.248 e. The zero-order valence-corrected chi connectivity index (χ0v) is 9.93. The minimum Gasteiger partial charge on any atom is -0.373 e. The van der Waals surface area contributed by atoms with E-state index in [1.165, 1.54) is 0 Å². The maximum atomic E-state index is 12.0. The van der Waals surface area contributed by atoms with Crippen LogP contribution in [-0.2, 0) is 11.2 Å². The quantitative estimate of drug-likeness (QED) is 0.846. The average molecular weight is 243 g/mol. The Morgan fingerprint density at radius 1 is 1.50 bits per heavy atom. The third-order valence-electron chi connectivity index (χ3n) is 2.97. The molecule has 0 spiro atoms. The van der Waals surface area contributed by atoms with Gasteiger partial charge in [0, 0.05) is 18.2 Å². The van der Waals surface area contributed by atoms with Crippen molar-refractivity contribution in [1.29, 1.82) is 0 Å². The molecule has 1 aliphatic heterocycles. The Kier molecular flexibility index (Phi) is 2.51. The lowest BCUT2D eigenvalue weighted by Gasteiger charge is -2.09. The molecule has 0 saturated heterocycles. The highest BCUT2D eigenvalue weighted by Crippen LogP contribution is 2.25. The van der Waals surface area contributed by atoms with Crippen molar-refractivity contribution in [3.63, 3.8) is 0 Å². The van der Waals surface area contributed by atoms with E-state index in [0.29, 0.717) is 18.0 Å². The fourth-order valence-electron chi connectivity index (χ4n) is 2.09. The van der Waals surface area contributed by atoms with Gasteiger partial charge >= 0.3 is 0 Å². The number of hydrogen-bond acceptors (Lipinski definition) is 4. The van der Waals surface area contributed by atoms with Gasteiger partial charge in [-0.15, -0.1) is 0 Å². The molecule has 5 nitrogen and oxygen atoms in total. The zero-order valence-electron chi connectivity index (χ0n) is 9.93. The van der Waals surface area contributed by atoms with Crippen LogP contribution in [0.3, 0.4) is 0 Å². The second-order valence-corrected chi connectivity index (χ2v) is 4.37. The van der Waals surface area contributed by atoms with Crippen LogP contribution in [0.5, 0.6) is 0 Å². The van der Waals surface area contributed by atoms with E-state index in [0.717, 1.165) is 11.3 Å². The lowest BCUT2D eigenvalue weighted by molar-refractivity contribution is -0.116. The van der Waals surface area contributed by atoms with Crippen molar-refractivity contribution >= 4 is 17.4 Å². The first kappa shape index (κ1) is 10.8. The van der Waals surface area contributed by atoms with Gasteiger partial charge in [0.25, 0.3) is 0 Å². The Bertz CT molecular complexity index is 566. The van der Waals surface area contributed by atoms with Crippen molar-refractivity contribution in [1.82, 2.24) is 5.16 Å². The van der Waals surface area contributed by atoms with Crippen LogP contribution in [0.2, 0.25) is 0 Å². The molecule has 1 amide bonds. The number of hydrogen-bond donors (Lipinski definition) is 2. The predicted molar refractivity (Wildman–Crippen MR) is 67.4 cm³/mol. The zero-order chi connectivity index (χ0) is 12.5. The van der Waals surface area contributed by atoms with Crippen LogP contribution in [-0.4, -0.2) is 17.1 Å². The molecule has 18 heavy (non-hydrogen) atoms. The van der Waals surface area contributed by atoms with Gasteiger partial charge in [0.15, 0.2) is 5.82 Å². The summed E-state index contributed by atoms with van der Waals surface area (Å²) >= 11 is 0. The minimum atomic E-state index is -0.251. The summed E-state index contributed by atoms with van der Waals surface area (Å²) in [6.45, 7) is 1.78. The smallest absolute Gasteiger partial charge is 0.248 e. The number of anilines is 2. The molecule has 1 aromatic carbocycles. The Hall–Kier alpha value is -2.30. The topological polar surface area (TPSA) is 67.2 Å². The maximum absolute atomic E-state index is 12.0. The Morgan fingerprint density at radius 2 is 2.33 bits per heavy atom. The second kappa shape index (κ2) is 4.18. The van der Waals surface area contributed by atoms with Crippen molar-refractivity contribution in [3.05, 3.63) is 41.7 Å². The largest absolute Gasteiger partial charge is 0.373 e. The van der Waals surface area contributed by atoms with E-state index >= 15 is 0 Å². The monoisotopic (exact) mass is 243 g/mol. The number of carbonyl (C=O) groups excluding carboxylic acids is 1. The second-order valence-electron chi connectivity index (χ2n) is 4.37. The molecule has 1 unspecified atom stereocenters. The molecule has 0 aliphatic carbocycles. The summed E-state index contributed by atoms with van der Waals surface area (Å²) in [5.41, 5.74) is 2.18. The molecule has 0 bridgehead atoms. The van der Waals surface area contributed by atoms with Crippen LogP contribution in [0.1, 0.15) is 11.3 Å².